The number of amides is 2. The molecule has 0 radical (unpaired) electrons. The van der Waals surface area contributed by atoms with Gasteiger partial charge in [0, 0.05) is 44.5 Å². The Labute approximate surface area is 291 Å². The van der Waals surface area contributed by atoms with Crippen LogP contribution in [0.5, 0.6) is 0 Å². The summed E-state index contributed by atoms with van der Waals surface area (Å²) in [6, 6.07) is 5.66. The summed E-state index contributed by atoms with van der Waals surface area (Å²) in [4.78, 5) is 32.4. The minimum Gasteiger partial charge on any atom is -0.395 e. The fourth-order valence-electron chi connectivity index (χ4n) is 7.89. The van der Waals surface area contributed by atoms with E-state index in [1.807, 2.05) is 26.0 Å². The van der Waals surface area contributed by atoms with E-state index < -0.39 is 27.7 Å². The first-order chi connectivity index (χ1) is 22.5. The first-order valence-corrected chi connectivity index (χ1v) is 18.6. The lowest BCUT2D eigenvalue weighted by Crippen LogP contribution is -2.75. The molecule has 1 aromatic carbocycles. The van der Waals surface area contributed by atoms with Crippen LogP contribution in [0.25, 0.3) is 0 Å². The van der Waals surface area contributed by atoms with Crippen LogP contribution in [0.4, 0.5) is 0 Å². The number of unbranched alkanes of at least 4 members (excludes halogenated alkanes) is 1. The van der Waals surface area contributed by atoms with E-state index in [0.717, 1.165) is 71.8 Å². The van der Waals surface area contributed by atoms with Crippen LogP contribution in [0.1, 0.15) is 93.3 Å². The first kappa shape index (κ1) is 38.3. The van der Waals surface area contributed by atoms with Crippen molar-refractivity contribution in [3.05, 3.63) is 46.8 Å². The van der Waals surface area contributed by atoms with Gasteiger partial charge in [0.2, 0.25) is 21.8 Å². The number of H-pyrrole nitrogens is 1. The number of likely N-dealkylation sites (N-methyl/N-ethyl adjacent to an activating group) is 1. The topological polar surface area (TPSA) is 159 Å². The SMILES string of the molecule is CCCCN1C(=O)[C@@H]([C@H](O)C2CCCCC2)NC(=O)C12CCN(C(c1ccc(S(=O)(=O)N(C)CCO)cc1)c1c(C)n[nH]c1C)CC2.Cl. The van der Waals surface area contributed by atoms with Crippen molar-refractivity contribution in [2.24, 2.45) is 5.92 Å². The molecule has 1 spiro atoms. The molecular formula is C34H53ClN6O6S. The van der Waals surface area contributed by atoms with Gasteiger partial charge in [0.05, 0.1) is 29.3 Å². The van der Waals surface area contributed by atoms with Gasteiger partial charge in [0.25, 0.3) is 0 Å². The molecular weight excluding hydrogens is 656 g/mol. The molecule has 1 aromatic heterocycles. The molecule has 3 aliphatic rings. The summed E-state index contributed by atoms with van der Waals surface area (Å²) in [7, 11) is -2.32. The largest absolute Gasteiger partial charge is 0.395 e. The Kier molecular flexibility index (Phi) is 12.7. The summed E-state index contributed by atoms with van der Waals surface area (Å²) in [6.45, 7) is 7.22. The monoisotopic (exact) mass is 708 g/mol. The summed E-state index contributed by atoms with van der Waals surface area (Å²) in [5.41, 5.74) is 2.63. The van der Waals surface area contributed by atoms with E-state index in [2.05, 4.69) is 27.3 Å². The van der Waals surface area contributed by atoms with Gasteiger partial charge in [-0.05, 0) is 69.6 Å². The number of aliphatic hydroxyl groups excluding tert-OH is 2. The van der Waals surface area contributed by atoms with E-state index in [-0.39, 0.29) is 54.2 Å². The van der Waals surface area contributed by atoms with E-state index in [4.69, 9.17) is 0 Å². The fraction of sp³-hybridized carbons (Fsp3) is 0.676. The predicted molar refractivity (Wildman–Crippen MR) is 185 cm³/mol. The van der Waals surface area contributed by atoms with Crippen molar-refractivity contribution in [3.8, 4) is 0 Å². The number of nitrogens with one attached hydrogen (secondary N) is 2. The highest BCUT2D eigenvalue weighted by Gasteiger charge is 2.55. The van der Waals surface area contributed by atoms with Crippen LogP contribution in [0.15, 0.2) is 29.2 Å². The van der Waals surface area contributed by atoms with Crippen molar-refractivity contribution in [1.29, 1.82) is 0 Å². The van der Waals surface area contributed by atoms with E-state index in [1.165, 1.54) is 7.05 Å². The fourth-order valence-corrected chi connectivity index (χ4v) is 9.06. The maximum atomic E-state index is 14.1. The Bertz CT molecular complexity index is 1480. The zero-order chi connectivity index (χ0) is 33.9. The van der Waals surface area contributed by atoms with Gasteiger partial charge < -0.3 is 20.4 Å². The molecule has 1 aliphatic carbocycles. The second kappa shape index (κ2) is 16.0. The van der Waals surface area contributed by atoms with Crippen LogP contribution < -0.4 is 5.32 Å². The van der Waals surface area contributed by atoms with Crippen molar-refractivity contribution >= 4 is 34.2 Å². The number of rotatable bonds is 12. The van der Waals surface area contributed by atoms with Crippen LogP contribution in [-0.4, -0.2) is 112 Å². The molecule has 1 saturated carbocycles. The number of aryl methyl sites for hydroxylation is 2. The van der Waals surface area contributed by atoms with Gasteiger partial charge in [-0.3, -0.25) is 19.6 Å². The zero-order valence-corrected chi connectivity index (χ0v) is 30.3. The summed E-state index contributed by atoms with van der Waals surface area (Å²) >= 11 is 0. The second-order valence-corrected chi connectivity index (χ2v) is 15.7. The van der Waals surface area contributed by atoms with E-state index >= 15 is 0 Å². The number of carbonyl (C=O) groups excluding carboxylic acids is 2. The minimum absolute atomic E-state index is 0. The normalized spacial score (nSPS) is 22.1. The van der Waals surface area contributed by atoms with Crippen LogP contribution in [0.2, 0.25) is 0 Å². The molecule has 14 heteroatoms. The highest BCUT2D eigenvalue weighted by Crippen LogP contribution is 2.41. The Morgan fingerprint density at radius 1 is 1.08 bits per heavy atom. The molecule has 2 saturated heterocycles. The Balaban J connectivity index is 0.00000520. The third kappa shape index (κ3) is 7.32. The third-order valence-electron chi connectivity index (χ3n) is 10.7. The number of hydrogen-bond acceptors (Lipinski definition) is 8. The maximum Gasteiger partial charge on any atom is 0.248 e. The molecule has 1 unspecified atom stereocenters. The third-order valence-corrected chi connectivity index (χ3v) is 12.6. The highest BCUT2D eigenvalue weighted by atomic mass is 35.5. The standard InChI is InChI=1S/C34H52N6O6S.ClH/c1-5-6-18-40-32(43)29(31(42)26-10-8-7-9-11-26)35-33(44)34(40)16-19-39(20-17-34)30(28-23(2)36-37-24(28)3)25-12-14-27(15-13-25)47(45,46)38(4)21-22-41;/h12-15,26,29-31,41-42H,5-11,16-22H2,1-4H3,(H,35,44)(H,36,37);1H/t29-,30?,31-;/m1./s1. The predicted octanol–water partition coefficient (Wildman–Crippen LogP) is 3.05. The number of benzene rings is 1. The summed E-state index contributed by atoms with van der Waals surface area (Å²) in [6.07, 6.45) is 6.59. The van der Waals surface area contributed by atoms with Crippen LogP contribution in [-0.2, 0) is 19.6 Å². The van der Waals surface area contributed by atoms with E-state index in [9.17, 15) is 28.2 Å². The number of aromatic amines is 1. The van der Waals surface area contributed by atoms with Gasteiger partial charge >= 0.3 is 0 Å². The van der Waals surface area contributed by atoms with Crippen molar-refractivity contribution in [3.63, 3.8) is 0 Å². The molecule has 2 amide bonds. The molecule has 12 nitrogen and oxygen atoms in total. The average molecular weight is 709 g/mol. The zero-order valence-electron chi connectivity index (χ0n) is 28.7. The van der Waals surface area contributed by atoms with Crippen LogP contribution in [0.3, 0.4) is 0 Å². The van der Waals surface area contributed by atoms with Gasteiger partial charge in [-0.15, -0.1) is 12.4 Å². The number of piperazine rings is 1. The summed E-state index contributed by atoms with van der Waals surface area (Å²) < 4.78 is 27.2. The number of likely N-dealkylation sites (tertiary alicyclic amines) is 1. The van der Waals surface area contributed by atoms with Gasteiger partial charge in [0.1, 0.15) is 11.6 Å². The molecule has 48 heavy (non-hydrogen) atoms. The van der Waals surface area contributed by atoms with E-state index in [0.29, 0.717) is 32.5 Å². The quantitative estimate of drug-likeness (QED) is 0.262. The summed E-state index contributed by atoms with van der Waals surface area (Å²) in [5, 5.41) is 31.1. The number of aromatic nitrogens is 2. The number of halogens is 1. The highest BCUT2D eigenvalue weighted by molar-refractivity contribution is 7.89. The molecule has 3 heterocycles. The van der Waals surface area contributed by atoms with Crippen molar-refractivity contribution in [2.75, 3.05) is 39.8 Å². The molecule has 2 aliphatic heterocycles. The smallest absolute Gasteiger partial charge is 0.248 e. The van der Waals surface area contributed by atoms with Crippen LogP contribution in [0, 0.1) is 19.8 Å². The molecule has 0 bridgehead atoms. The minimum atomic E-state index is -3.76. The molecule has 5 rings (SSSR count). The van der Waals surface area contributed by atoms with Crippen molar-refractivity contribution in [2.45, 2.75) is 107 Å². The van der Waals surface area contributed by atoms with Crippen LogP contribution >= 0.6 is 12.4 Å². The van der Waals surface area contributed by atoms with Gasteiger partial charge in [0.15, 0.2) is 0 Å². The van der Waals surface area contributed by atoms with Crippen molar-refractivity contribution < 1.29 is 28.2 Å². The molecule has 2 aromatic rings. The number of carbonyl (C=O) groups is 2. The molecule has 3 fully saturated rings. The first-order valence-electron chi connectivity index (χ1n) is 17.2. The lowest BCUT2D eigenvalue weighted by molar-refractivity contribution is -0.166. The molecule has 268 valence electrons. The second-order valence-electron chi connectivity index (χ2n) is 13.6. The average Bonchev–Trinajstić information content (AvgIpc) is 3.41. The Hall–Kier alpha value is -2.55. The number of piperidine rings is 1. The lowest BCUT2D eigenvalue weighted by atomic mass is 9.77. The van der Waals surface area contributed by atoms with Gasteiger partial charge in [-0.1, -0.05) is 44.7 Å². The van der Waals surface area contributed by atoms with Gasteiger partial charge in [-0.2, -0.15) is 9.40 Å². The number of sulfonamides is 1. The maximum absolute atomic E-state index is 14.1. The Morgan fingerprint density at radius 3 is 2.29 bits per heavy atom. The van der Waals surface area contributed by atoms with E-state index in [1.54, 1.807) is 17.0 Å². The number of hydrogen-bond donors (Lipinski definition) is 4. The Morgan fingerprint density at radius 2 is 1.73 bits per heavy atom. The number of nitrogens with zero attached hydrogens (tertiary/aromatic N) is 4. The van der Waals surface area contributed by atoms with Crippen molar-refractivity contribution in [1.82, 2.24) is 29.6 Å². The number of aliphatic hydroxyl groups is 2. The molecule has 3 atom stereocenters. The summed E-state index contributed by atoms with van der Waals surface area (Å²) in [5.74, 6) is -0.340. The lowest BCUT2D eigenvalue weighted by Gasteiger charge is -2.53. The van der Waals surface area contributed by atoms with Gasteiger partial charge in [-0.25, -0.2) is 8.42 Å². The molecule has 4 N–H and O–H groups in total.